The number of hydrogen-bond acceptors (Lipinski definition) is 6. The average molecular weight is 719 g/mol. The van der Waals surface area contributed by atoms with E-state index >= 15 is 0 Å². The van der Waals surface area contributed by atoms with Crippen molar-refractivity contribution in [3.8, 4) is 5.75 Å². The number of nitrogens with zero attached hydrogens (tertiary/aromatic N) is 2. The summed E-state index contributed by atoms with van der Waals surface area (Å²) in [5.41, 5.74) is 4.00. The average Bonchev–Trinajstić information content (AvgIpc) is 3.59. The zero-order chi connectivity index (χ0) is 31.9. The molecule has 3 aromatic carbocycles. The molecule has 0 unspecified atom stereocenters. The first-order chi connectivity index (χ1) is 21.7. The molecule has 3 amide bonds. The lowest BCUT2D eigenvalue weighted by Crippen LogP contribution is -2.37. The molecule has 248 valence electrons. The Hall–Kier alpha value is -3.86. The number of ether oxygens (including phenoxy) is 1. The summed E-state index contributed by atoms with van der Waals surface area (Å²) < 4.78 is 6.08. The summed E-state index contributed by atoms with van der Waals surface area (Å²) in [5.74, 6) is -0.272. The molecule has 9 nitrogen and oxygen atoms in total. The summed E-state index contributed by atoms with van der Waals surface area (Å²) in [4.78, 5) is 43.6. The number of rotatable bonds is 10. The number of pyridine rings is 1. The van der Waals surface area contributed by atoms with Crippen LogP contribution in [0.15, 0.2) is 72.8 Å². The number of amides is 3. The molecule has 47 heavy (non-hydrogen) atoms. The number of nitrogens with one attached hydrogen (secondary N) is 3. The molecule has 0 bridgehead atoms. The molecule has 4 aromatic rings. The van der Waals surface area contributed by atoms with Gasteiger partial charge in [0.2, 0.25) is 17.7 Å². The zero-order valence-electron chi connectivity index (χ0n) is 25.7. The van der Waals surface area contributed by atoms with Gasteiger partial charge in [0.1, 0.15) is 17.9 Å². The molecular weight excluding hydrogens is 684 g/mol. The second-order valence-electron chi connectivity index (χ2n) is 10.7. The number of likely N-dealkylation sites (N-methyl/N-ethyl adjacent to an activating group) is 1. The van der Waals surface area contributed by atoms with Crippen molar-refractivity contribution in [3.05, 3.63) is 99.7 Å². The van der Waals surface area contributed by atoms with Crippen LogP contribution in [0.25, 0.3) is 17.0 Å². The Bertz CT molecular complexity index is 1760. The van der Waals surface area contributed by atoms with Crippen molar-refractivity contribution >= 4 is 94.1 Å². The minimum absolute atomic E-state index is 0. The van der Waals surface area contributed by atoms with E-state index in [9.17, 15) is 14.4 Å². The molecule has 1 atom stereocenters. The van der Waals surface area contributed by atoms with Gasteiger partial charge in [0.15, 0.2) is 0 Å². The van der Waals surface area contributed by atoms with Crippen LogP contribution in [0.3, 0.4) is 0 Å². The van der Waals surface area contributed by atoms with Crippen LogP contribution in [0.2, 0.25) is 10.0 Å². The normalized spacial score (nSPS) is 13.8. The van der Waals surface area contributed by atoms with Crippen molar-refractivity contribution in [2.45, 2.75) is 32.4 Å². The number of halogens is 4. The summed E-state index contributed by atoms with van der Waals surface area (Å²) >= 11 is 13.2. The van der Waals surface area contributed by atoms with Crippen molar-refractivity contribution in [2.24, 2.45) is 0 Å². The fraction of sp³-hybridized carbons (Fsp3) is 0.235. The van der Waals surface area contributed by atoms with E-state index in [1.165, 1.54) is 11.0 Å². The lowest BCUT2D eigenvalue weighted by atomic mass is 10.1. The maximum Gasteiger partial charge on any atom is 0.246 e. The third-order valence-corrected chi connectivity index (χ3v) is 8.27. The first-order valence-electron chi connectivity index (χ1n) is 14.5. The predicted octanol–water partition coefficient (Wildman–Crippen LogP) is 6.76. The van der Waals surface area contributed by atoms with Gasteiger partial charge in [0.25, 0.3) is 0 Å². The molecule has 13 heteroatoms. The molecule has 0 radical (unpaired) electrons. The Kier molecular flexibility index (Phi) is 13.9. The van der Waals surface area contributed by atoms with Gasteiger partial charge in [-0.3, -0.25) is 14.4 Å². The highest BCUT2D eigenvalue weighted by molar-refractivity contribution is 6.38. The van der Waals surface area contributed by atoms with Crippen LogP contribution in [-0.2, 0) is 21.0 Å². The number of hydrogen-bond donors (Lipinski definition) is 3. The van der Waals surface area contributed by atoms with E-state index in [4.69, 9.17) is 27.9 Å². The van der Waals surface area contributed by atoms with Crippen molar-refractivity contribution in [3.63, 3.8) is 0 Å². The van der Waals surface area contributed by atoms with Gasteiger partial charge in [-0.25, -0.2) is 4.98 Å². The Morgan fingerprint density at radius 1 is 1.04 bits per heavy atom. The number of para-hydroxylation sites is 1. The van der Waals surface area contributed by atoms with E-state index in [0.29, 0.717) is 27.7 Å². The van der Waals surface area contributed by atoms with E-state index in [2.05, 4.69) is 20.9 Å². The second kappa shape index (κ2) is 17.3. The first-order valence-corrected chi connectivity index (χ1v) is 15.3. The monoisotopic (exact) mass is 717 g/mol. The molecular formula is C34H35Cl4N5O4. The highest BCUT2D eigenvalue weighted by atomic mass is 35.5. The van der Waals surface area contributed by atoms with Crippen LogP contribution < -0.4 is 25.6 Å². The number of benzene rings is 3. The van der Waals surface area contributed by atoms with Gasteiger partial charge >= 0.3 is 0 Å². The van der Waals surface area contributed by atoms with Crippen molar-refractivity contribution in [1.29, 1.82) is 0 Å². The summed E-state index contributed by atoms with van der Waals surface area (Å²) in [6.07, 6.45) is 4.79. The molecule has 1 aliphatic rings. The SMILES string of the molecule is Cc1ccc2cccc(OCc3c(Cl)ccc(N(C)C(=O)CNC(=O)C=Cc4ccc(NC(=O)[C@@H]5CCCN5)cc4)c3Cl)c2n1.Cl.Cl. The highest BCUT2D eigenvalue weighted by Crippen LogP contribution is 2.35. The van der Waals surface area contributed by atoms with Gasteiger partial charge in [-0.15, -0.1) is 24.8 Å². The van der Waals surface area contributed by atoms with E-state index in [1.807, 2.05) is 37.3 Å². The first kappa shape index (κ1) is 37.6. The Morgan fingerprint density at radius 3 is 2.53 bits per heavy atom. The molecule has 5 rings (SSSR count). The van der Waals surface area contributed by atoms with Gasteiger partial charge in [0, 0.05) is 40.5 Å². The van der Waals surface area contributed by atoms with Gasteiger partial charge < -0.3 is 25.6 Å². The smallest absolute Gasteiger partial charge is 0.246 e. The van der Waals surface area contributed by atoms with Gasteiger partial charge in [0.05, 0.1) is 23.3 Å². The molecule has 3 N–H and O–H groups in total. The van der Waals surface area contributed by atoms with Crippen LogP contribution in [0, 0.1) is 6.92 Å². The Balaban J connectivity index is 0.00000300. The quantitative estimate of drug-likeness (QED) is 0.156. The molecule has 0 spiro atoms. The van der Waals surface area contributed by atoms with Crippen LogP contribution in [0.1, 0.15) is 29.7 Å². The third kappa shape index (κ3) is 9.59. The van der Waals surface area contributed by atoms with E-state index in [0.717, 1.165) is 41.5 Å². The maximum atomic E-state index is 13.0. The third-order valence-electron chi connectivity index (χ3n) is 7.49. The summed E-state index contributed by atoms with van der Waals surface area (Å²) in [7, 11) is 1.57. The predicted molar refractivity (Wildman–Crippen MR) is 193 cm³/mol. The minimum Gasteiger partial charge on any atom is -0.487 e. The van der Waals surface area contributed by atoms with Crippen LogP contribution in [-0.4, -0.2) is 48.9 Å². The van der Waals surface area contributed by atoms with E-state index < -0.39 is 5.91 Å². The molecule has 0 saturated carbocycles. The summed E-state index contributed by atoms with van der Waals surface area (Å²) in [5, 5.41) is 10.3. The summed E-state index contributed by atoms with van der Waals surface area (Å²) in [6, 6.07) is 19.9. The number of fused-ring (bicyclic) bond motifs is 1. The molecule has 1 fully saturated rings. The maximum absolute atomic E-state index is 13.0. The molecule has 1 aliphatic heterocycles. The number of aryl methyl sites for hydroxylation is 1. The topological polar surface area (TPSA) is 113 Å². The number of carbonyl (C=O) groups excluding carboxylic acids is 3. The van der Waals surface area contributed by atoms with Crippen molar-refractivity contribution in [2.75, 3.05) is 30.4 Å². The second-order valence-corrected chi connectivity index (χ2v) is 11.5. The zero-order valence-corrected chi connectivity index (χ0v) is 28.9. The molecule has 0 aliphatic carbocycles. The fourth-order valence-corrected chi connectivity index (χ4v) is 5.53. The largest absolute Gasteiger partial charge is 0.487 e. The fourth-order valence-electron chi connectivity index (χ4n) is 4.92. The van der Waals surface area contributed by atoms with Crippen molar-refractivity contribution < 1.29 is 19.1 Å². The lowest BCUT2D eigenvalue weighted by molar-refractivity contribution is -0.122. The van der Waals surface area contributed by atoms with Gasteiger partial charge in [-0.1, -0.05) is 53.5 Å². The standard InChI is InChI=1S/C34H33Cl2N5O4.2ClH/c1-21-8-12-23-5-3-7-29(33(23)39-21)45-20-25-26(35)15-16-28(32(25)36)41(2)31(43)19-38-30(42)17-11-22-9-13-24(14-10-22)40-34(44)27-6-4-18-37-27;;/h3,5,7-17,27,37H,4,6,18-20H2,1-2H3,(H,38,42)(H,40,44);2*1H/t27-;;/m0../s1. The molecule has 1 aromatic heterocycles. The number of anilines is 2. The van der Waals surface area contributed by atoms with Crippen LogP contribution in [0.4, 0.5) is 11.4 Å². The summed E-state index contributed by atoms with van der Waals surface area (Å²) in [6.45, 7) is 2.58. The van der Waals surface area contributed by atoms with Crippen LogP contribution in [0.5, 0.6) is 5.75 Å². The van der Waals surface area contributed by atoms with E-state index in [1.54, 1.807) is 49.5 Å². The molecule has 1 saturated heterocycles. The highest BCUT2D eigenvalue weighted by Gasteiger charge is 2.22. The number of carbonyl (C=O) groups is 3. The molecule has 2 heterocycles. The van der Waals surface area contributed by atoms with E-state index in [-0.39, 0.29) is 60.8 Å². The van der Waals surface area contributed by atoms with Crippen LogP contribution >= 0.6 is 48.0 Å². The van der Waals surface area contributed by atoms with Gasteiger partial charge in [-0.2, -0.15) is 0 Å². The lowest BCUT2D eigenvalue weighted by Gasteiger charge is -2.21. The Morgan fingerprint density at radius 2 is 1.81 bits per heavy atom. The minimum atomic E-state index is -0.434. The number of aromatic nitrogens is 1. The van der Waals surface area contributed by atoms with Gasteiger partial charge in [-0.05, 0) is 74.3 Å². The Labute approximate surface area is 295 Å². The van der Waals surface area contributed by atoms with Crippen molar-refractivity contribution in [1.82, 2.24) is 15.6 Å².